The molecule has 0 atom stereocenters. The lowest BCUT2D eigenvalue weighted by molar-refractivity contribution is -0.132. The summed E-state index contributed by atoms with van der Waals surface area (Å²) in [6.45, 7) is 8.98. The summed E-state index contributed by atoms with van der Waals surface area (Å²) in [5.41, 5.74) is 0. The van der Waals surface area contributed by atoms with Crippen LogP contribution in [0.1, 0.15) is 0 Å². The maximum Gasteiger partial charge on any atom is 0.327 e. The molecule has 9 nitrogen and oxygen atoms in total. The number of hydrogen-bond donors (Lipinski definition) is 4. The van der Waals surface area contributed by atoms with Crippen LogP contribution in [0.3, 0.4) is 0 Å². The lowest BCUT2D eigenvalue weighted by Crippen LogP contribution is -1.83. The van der Waals surface area contributed by atoms with Crippen LogP contribution >= 0.6 is 0 Å². The Balaban J connectivity index is -0.0000000921. The molecule has 0 aromatic rings. The standard InChI is InChI=1S/C3H5NO2.3C3H4O2/c5-2-1-4-3-6;3*1-2-3(4)5/h5H,1-2H2;3*2H,1H2,(H,4,5). The van der Waals surface area contributed by atoms with Crippen molar-refractivity contribution in [3.05, 3.63) is 38.0 Å². The van der Waals surface area contributed by atoms with Gasteiger partial charge in [0, 0.05) is 18.2 Å². The smallest absolute Gasteiger partial charge is 0.327 e. The van der Waals surface area contributed by atoms with Gasteiger partial charge in [0.1, 0.15) is 0 Å². The average Bonchev–Trinajstić information content (AvgIpc) is 2.46. The van der Waals surface area contributed by atoms with Crippen molar-refractivity contribution < 1.29 is 39.6 Å². The summed E-state index contributed by atoms with van der Waals surface area (Å²) in [4.78, 5) is 39.9. The molecule has 0 radical (unpaired) electrons. The second kappa shape index (κ2) is 25.7. The van der Waals surface area contributed by atoms with Gasteiger partial charge in [0.15, 0.2) is 0 Å². The minimum atomic E-state index is -0.981. The third kappa shape index (κ3) is 107. The number of carbonyl (C=O) groups excluding carboxylic acids is 1. The van der Waals surface area contributed by atoms with Crippen LogP contribution in [0.5, 0.6) is 0 Å². The molecule has 21 heavy (non-hydrogen) atoms. The number of isocyanates is 1. The first-order valence-electron chi connectivity index (χ1n) is 4.93. The van der Waals surface area contributed by atoms with E-state index < -0.39 is 17.9 Å². The van der Waals surface area contributed by atoms with Crippen molar-refractivity contribution in [1.82, 2.24) is 0 Å². The summed E-state index contributed by atoms with van der Waals surface area (Å²) >= 11 is 0. The van der Waals surface area contributed by atoms with Crippen LogP contribution < -0.4 is 0 Å². The van der Waals surface area contributed by atoms with Crippen molar-refractivity contribution in [3.8, 4) is 0 Å². The molecule has 0 aromatic carbocycles. The van der Waals surface area contributed by atoms with Gasteiger partial charge in [-0.15, -0.1) is 0 Å². The lowest BCUT2D eigenvalue weighted by atomic mass is 10.7. The highest BCUT2D eigenvalue weighted by atomic mass is 16.4. The van der Waals surface area contributed by atoms with E-state index in [0.717, 1.165) is 18.2 Å². The van der Waals surface area contributed by atoms with Crippen molar-refractivity contribution in [2.24, 2.45) is 4.99 Å². The molecule has 0 aliphatic carbocycles. The van der Waals surface area contributed by atoms with Crippen molar-refractivity contribution >= 4 is 24.0 Å². The first-order chi connectivity index (χ1) is 9.72. The van der Waals surface area contributed by atoms with E-state index in [9.17, 15) is 14.4 Å². The van der Waals surface area contributed by atoms with Gasteiger partial charge in [-0.1, -0.05) is 19.7 Å². The molecule has 0 aliphatic rings. The minimum absolute atomic E-state index is 0.0742. The Morgan fingerprint density at radius 2 is 1.14 bits per heavy atom. The van der Waals surface area contributed by atoms with E-state index in [1.807, 2.05) is 0 Å². The van der Waals surface area contributed by atoms with Gasteiger partial charge in [0.25, 0.3) is 0 Å². The van der Waals surface area contributed by atoms with Gasteiger partial charge in [0.2, 0.25) is 6.08 Å². The molecular formula is C12H17NO8. The molecule has 9 heteroatoms. The molecule has 0 rings (SSSR count). The van der Waals surface area contributed by atoms with Gasteiger partial charge in [-0.3, -0.25) is 0 Å². The molecule has 0 unspecified atom stereocenters. The highest BCUT2D eigenvalue weighted by Crippen LogP contribution is 1.57. The number of carboxylic acid groups (broad SMARTS) is 3. The highest BCUT2D eigenvalue weighted by molar-refractivity contribution is 5.79. The van der Waals surface area contributed by atoms with Crippen molar-refractivity contribution in [2.75, 3.05) is 13.2 Å². The summed E-state index contributed by atoms with van der Waals surface area (Å²) in [7, 11) is 0. The zero-order valence-electron chi connectivity index (χ0n) is 11.1. The SMILES string of the molecule is C=CC(=O)O.C=CC(=O)O.C=CC(=O)O.O=C=NCCO. The molecule has 0 saturated heterocycles. The monoisotopic (exact) mass is 303 g/mol. The van der Waals surface area contributed by atoms with Crippen LogP contribution in [0.4, 0.5) is 0 Å². The first kappa shape index (κ1) is 26.5. The largest absolute Gasteiger partial charge is 0.478 e. The minimum Gasteiger partial charge on any atom is -0.478 e. The number of hydrogen-bond acceptors (Lipinski definition) is 6. The number of rotatable bonds is 5. The van der Waals surface area contributed by atoms with Crippen molar-refractivity contribution in [3.63, 3.8) is 0 Å². The number of nitrogens with zero attached hydrogens (tertiary/aromatic N) is 1. The predicted molar refractivity (Wildman–Crippen MR) is 73.6 cm³/mol. The van der Waals surface area contributed by atoms with Crippen LogP contribution in [0.25, 0.3) is 0 Å². The number of aliphatic imine (C=N–C) groups is 1. The Morgan fingerprint density at radius 1 is 0.905 bits per heavy atom. The normalized spacial score (nSPS) is 6.52. The number of carboxylic acids is 3. The van der Waals surface area contributed by atoms with E-state index in [-0.39, 0.29) is 13.2 Å². The van der Waals surface area contributed by atoms with Gasteiger partial charge < -0.3 is 20.4 Å². The van der Waals surface area contributed by atoms with Crippen molar-refractivity contribution in [2.45, 2.75) is 0 Å². The Kier molecular flexibility index (Phi) is 32.5. The number of aliphatic hydroxyl groups is 1. The van der Waals surface area contributed by atoms with E-state index in [0.29, 0.717) is 0 Å². The predicted octanol–water partition coefficient (Wildman–Crippen LogP) is 0.0855. The van der Waals surface area contributed by atoms with Crippen LogP contribution in [-0.4, -0.2) is 57.6 Å². The van der Waals surface area contributed by atoms with E-state index in [4.69, 9.17) is 25.2 Å². The van der Waals surface area contributed by atoms with Crippen LogP contribution in [0.2, 0.25) is 0 Å². The zero-order valence-corrected chi connectivity index (χ0v) is 11.1. The molecule has 4 N–H and O–H groups in total. The van der Waals surface area contributed by atoms with Gasteiger partial charge in [-0.05, 0) is 0 Å². The zero-order chi connectivity index (χ0) is 17.7. The molecule has 0 aromatic heterocycles. The topological polar surface area (TPSA) is 162 Å². The fraction of sp³-hybridized carbons (Fsp3) is 0.167. The second-order valence-electron chi connectivity index (χ2n) is 2.32. The van der Waals surface area contributed by atoms with Gasteiger partial charge in [0.05, 0.1) is 13.2 Å². The molecule has 0 fully saturated rings. The van der Waals surface area contributed by atoms with E-state index >= 15 is 0 Å². The first-order valence-corrected chi connectivity index (χ1v) is 4.93. The molecule has 0 amide bonds. The molecule has 118 valence electrons. The highest BCUT2D eigenvalue weighted by Gasteiger charge is 1.74. The summed E-state index contributed by atoms with van der Waals surface area (Å²) in [5, 5.41) is 30.7. The third-order valence-electron chi connectivity index (χ3n) is 0.800. The molecular weight excluding hydrogens is 286 g/mol. The van der Waals surface area contributed by atoms with Crippen LogP contribution in [0.15, 0.2) is 43.0 Å². The average molecular weight is 303 g/mol. The maximum absolute atomic E-state index is 9.25. The van der Waals surface area contributed by atoms with Crippen LogP contribution in [-0.2, 0) is 19.2 Å². The van der Waals surface area contributed by atoms with Gasteiger partial charge in [-0.25, -0.2) is 24.2 Å². The Labute approximate surface area is 120 Å². The second-order valence-corrected chi connectivity index (χ2v) is 2.32. The lowest BCUT2D eigenvalue weighted by Gasteiger charge is -1.72. The summed E-state index contributed by atoms with van der Waals surface area (Å²) < 4.78 is 0. The number of aliphatic carboxylic acids is 3. The Bertz CT molecular complexity index is 340. The summed E-state index contributed by atoms with van der Waals surface area (Å²) in [6.07, 6.45) is 3.78. The molecule has 0 heterocycles. The fourth-order valence-corrected chi connectivity index (χ4v) is 0.0956. The van der Waals surface area contributed by atoms with Crippen molar-refractivity contribution in [1.29, 1.82) is 0 Å². The summed E-state index contributed by atoms with van der Waals surface area (Å²) in [5.74, 6) is -2.94. The maximum atomic E-state index is 9.25. The van der Waals surface area contributed by atoms with E-state index in [2.05, 4.69) is 24.7 Å². The van der Waals surface area contributed by atoms with E-state index in [1.54, 1.807) is 0 Å². The number of carbonyl (C=O) groups is 3. The Hall–Kier alpha value is -3.03. The molecule has 0 aliphatic heterocycles. The van der Waals surface area contributed by atoms with Crippen LogP contribution in [0, 0.1) is 0 Å². The van der Waals surface area contributed by atoms with Gasteiger partial charge in [-0.2, -0.15) is 0 Å². The molecule has 0 saturated carbocycles. The van der Waals surface area contributed by atoms with E-state index in [1.165, 1.54) is 6.08 Å². The van der Waals surface area contributed by atoms with Gasteiger partial charge >= 0.3 is 17.9 Å². The summed E-state index contributed by atoms with van der Waals surface area (Å²) in [6, 6.07) is 0. The number of aliphatic hydroxyl groups excluding tert-OH is 1. The third-order valence-corrected chi connectivity index (χ3v) is 0.800. The quantitative estimate of drug-likeness (QED) is 0.315. The molecule has 0 bridgehead atoms. The Morgan fingerprint density at radius 3 is 1.19 bits per heavy atom. The fourth-order valence-electron chi connectivity index (χ4n) is 0.0956. The molecule has 0 spiro atoms.